The Hall–Kier alpha value is 0.0238. The number of alkyl halides is 1. The van der Waals surface area contributed by atoms with Crippen LogP contribution in [0, 0.1) is 5.92 Å². The van der Waals surface area contributed by atoms with Crippen molar-refractivity contribution in [2.75, 3.05) is 19.9 Å². The summed E-state index contributed by atoms with van der Waals surface area (Å²) in [6, 6.07) is 2.60. The van der Waals surface area contributed by atoms with E-state index in [-0.39, 0.29) is 13.3 Å². The lowest BCUT2D eigenvalue weighted by Crippen LogP contribution is -2.44. The number of hydrogen-bond donors (Lipinski definition) is 0. The first-order valence-electron chi connectivity index (χ1n) is 9.75. The topological polar surface area (TPSA) is 21.8 Å². The quantitative estimate of drug-likeness (QED) is 0.276. The Morgan fingerprint density at radius 1 is 1.08 bits per heavy atom. The molecule has 1 saturated carbocycles. The third-order valence-corrected chi connectivity index (χ3v) is 16.7. The van der Waals surface area contributed by atoms with Gasteiger partial charge < -0.3 is 9.47 Å². The van der Waals surface area contributed by atoms with Crippen molar-refractivity contribution in [3.8, 4) is 0 Å². The highest BCUT2D eigenvalue weighted by Crippen LogP contribution is 2.42. The molecule has 0 aromatic rings. The normalized spacial score (nSPS) is 27.0. The molecule has 0 bridgehead atoms. The van der Waals surface area contributed by atoms with Gasteiger partial charge in [0, 0.05) is 6.61 Å². The van der Waals surface area contributed by atoms with Gasteiger partial charge in [0.25, 0.3) is 0 Å². The summed E-state index contributed by atoms with van der Waals surface area (Å²) in [4.78, 5) is 1.62. The number of rotatable bonds is 11. The van der Waals surface area contributed by atoms with E-state index in [0.717, 1.165) is 12.3 Å². The highest BCUT2D eigenvalue weighted by atomic mass is 28.4. The number of epoxide rings is 1. The molecule has 0 amide bonds. The standard InChI is InChI=1S/C19H37FO2Si2/c1-16(23(2,3)13-6-11-21-12-10-20)24(4,5)14-9-17-7-8-18-19(15-17)22-18/h17-19H,1,6-15H2,2-5H3. The summed E-state index contributed by atoms with van der Waals surface area (Å²) in [7, 11) is -2.81. The van der Waals surface area contributed by atoms with Crippen molar-refractivity contribution in [3.05, 3.63) is 11.4 Å². The van der Waals surface area contributed by atoms with E-state index in [1.54, 1.807) is 4.82 Å². The van der Waals surface area contributed by atoms with Crippen molar-refractivity contribution in [1.29, 1.82) is 0 Å². The highest BCUT2D eigenvalue weighted by molar-refractivity contribution is 7.05. The summed E-state index contributed by atoms with van der Waals surface area (Å²) in [5, 5.41) is 0. The van der Waals surface area contributed by atoms with E-state index in [2.05, 4.69) is 32.8 Å². The molecular weight excluding hydrogens is 335 g/mol. The largest absolute Gasteiger partial charge is 0.379 e. The first-order valence-corrected chi connectivity index (χ1v) is 16.2. The zero-order valence-electron chi connectivity index (χ0n) is 16.2. The summed E-state index contributed by atoms with van der Waals surface area (Å²) >= 11 is 0. The Kier molecular flexibility index (Phi) is 7.29. The predicted octanol–water partition coefficient (Wildman–Crippen LogP) is 5.37. The third-order valence-electron chi connectivity index (χ3n) is 6.24. The van der Waals surface area contributed by atoms with E-state index >= 15 is 0 Å². The van der Waals surface area contributed by atoms with Crippen molar-refractivity contribution in [2.24, 2.45) is 5.92 Å². The number of halogens is 1. The van der Waals surface area contributed by atoms with E-state index in [0.29, 0.717) is 18.8 Å². The first kappa shape index (κ1) is 20.3. The molecule has 1 saturated heterocycles. The van der Waals surface area contributed by atoms with Gasteiger partial charge in [0.15, 0.2) is 0 Å². The monoisotopic (exact) mass is 372 g/mol. The molecule has 2 fully saturated rings. The summed E-state index contributed by atoms with van der Waals surface area (Å²) in [5.41, 5.74) is 0. The lowest BCUT2D eigenvalue weighted by molar-refractivity contribution is 0.119. The van der Waals surface area contributed by atoms with Gasteiger partial charge in [-0.1, -0.05) is 49.5 Å². The fourth-order valence-corrected chi connectivity index (χ4v) is 15.1. The van der Waals surface area contributed by atoms with Crippen LogP contribution in [0.1, 0.15) is 32.1 Å². The van der Waals surface area contributed by atoms with Crippen molar-refractivity contribution in [1.82, 2.24) is 0 Å². The Morgan fingerprint density at radius 2 is 1.79 bits per heavy atom. The molecule has 3 atom stereocenters. The van der Waals surface area contributed by atoms with Crippen LogP contribution in [-0.4, -0.2) is 48.2 Å². The minimum atomic E-state index is -1.43. The molecule has 3 unspecified atom stereocenters. The lowest BCUT2D eigenvalue weighted by atomic mass is 9.87. The van der Waals surface area contributed by atoms with Gasteiger partial charge in [0.1, 0.15) is 6.67 Å². The zero-order valence-corrected chi connectivity index (χ0v) is 18.2. The van der Waals surface area contributed by atoms with Gasteiger partial charge in [-0.3, -0.25) is 0 Å². The smallest absolute Gasteiger partial charge is 0.113 e. The third kappa shape index (κ3) is 5.78. The fraction of sp³-hybridized carbons (Fsp3) is 0.895. The molecule has 0 aromatic carbocycles. The van der Waals surface area contributed by atoms with E-state index in [4.69, 9.17) is 9.47 Å². The van der Waals surface area contributed by atoms with E-state index < -0.39 is 16.1 Å². The average molecular weight is 373 g/mol. The van der Waals surface area contributed by atoms with Crippen LogP contribution < -0.4 is 0 Å². The fourth-order valence-electron chi connectivity index (χ4n) is 4.30. The van der Waals surface area contributed by atoms with E-state index in [1.807, 2.05) is 0 Å². The molecule has 140 valence electrons. The SMILES string of the molecule is C=C([Si](C)(C)CCCOCCF)[Si](C)(C)CCC1CCC2OC2C1. The first-order chi connectivity index (χ1) is 11.3. The molecule has 1 aliphatic carbocycles. The van der Waals surface area contributed by atoms with Gasteiger partial charge >= 0.3 is 0 Å². The van der Waals surface area contributed by atoms with Crippen LogP contribution in [0.15, 0.2) is 11.4 Å². The Labute approximate surface area is 150 Å². The Bertz CT molecular complexity index is 426. The van der Waals surface area contributed by atoms with Gasteiger partial charge in [0.05, 0.1) is 35.0 Å². The molecule has 2 nitrogen and oxygen atoms in total. The van der Waals surface area contributed by atoms with E-state index in [1.165, 1.54) is 37.8 Å². The molecule has 1 aliphatic heterocycles. The van der Waals surface area contributed by atoms with Gasteiger partial charge in [-0.25, -0.2) is 4.39 Å². The van der Waals surface area contributed by atoms with Crippen LogP contribution in [0.25, 0.3) is 0 Å². The lowest BCUT2D eigenvalue weighted by Gasteiger charge is -2.37. The molecule has 2 rings (SSSR count). The van der Waals surface area contributed by atoms with E-state index in [9.17, 15) is 4.39 Å². The number of hydrogen-bond acceptors (Lipinski definition) is 2. The van der Waals surface area contributed by atoms with Gasteiger partial charge in [-0.15, -0.1) is 6.58 Å². The summed E-state index contributed by atoms with van der Waals surface area (Å²) in [6.07, 6.45) is 7.59. The molecule has 24 heavy (non-hydrogen) atoms. The van der Waals surface area contributed by atoms with Crippen molar-refractivity contribution < 1.29 is 13.9 Å². The van der Waals surface area contributed by atoms with Crippen LogP contribution in [0.2, 0.25) is 38.3 Å². The maximum Gasteiger partial charge on any atom is 0.113 e. The predicted molar refractivity (Wildman–Crippen MR) is 106 cm³/mol. The van der Waals surface area contributed by atoms with Crippen LogP contribution in [0.3, 0.4) is 0 Å². The summed E-state index contributed by atoms with van der Waals surface area (Å²) in [6.45, 7) is 15.1. The number of ether oxygens (including phenoxy) is 2. The molecule has 0 spiro atoms. The molecular formula is C19H37FO2Si2. The maximum atomic E-state index is 12.1. The molecule has 1 heterocycles. The van der Waals surface area contributed by atoms with Crippen LogP contribution in [-0.2, 0) is 9.47 Å². The van der Waals surface area contributed by atoms with Crippen molar-refractivity contribution >= 4 is 16.1 Å². The summed E-state index contributed by atoms with van der Waals surface area (Å²) < 4.78 is 23.1. The second kappa shape index (κ2) is 8.61. The maximum absolute atomic E-state index is 12.1. The highest BCUT2D eigenvalue weighted by Gasteiger charge is 2.44. The summed E-state index contributed by atoms with van der Waals surface area (Å²) in [5.74, 6) is 0.882. The van der Waals surface area contributed by atoms with Gasteiger partial charge in [-0.05, 0) is 31.6 Å². The van der Waals surface area contributed by atoms with Gasteiger partial charge in [-0.2, -0.15) is 0 Å². The second-order valence-electron chi connectivity index (χ2n) is 9.08. The second-order valence-corrected chi connectivity index (χ2v) is 19.3. The minimum Gasteiger partial charge on any atom is -0.379 e. The molecule has 5 heteroatoms. The van der Waals surface area contributed by atoms with Crippen LogP contribution in [0.5, 0.6) is 0 Å². The molecule has 0 N–H and O–H groups in total. The number of fused-ring (bicyclic) bond motifs is 1. The van der Waals surface area contributed by atoms with Crippen molar-refractivity contribution in [3.63, 3.8) is 0 Å². The average Bonchev–Trinajstić information content (AvgIpc) is 3.30. The zero-order chi connectivity index (χ0) is 17.8. The molecule has 0 aromatic heterocycles. The van der Waals surface area contributed by atoms with Crippen LogP contribution >= 0.6 is 0 Å². The van der Waals surface area contributed by atoms with Gasteiger partial charge in [0.2, 0.25) is 0 Å². The minimum absolute atomic E-state index is 0.246. The van der Waals surface area contributed by atoms with Crippen LogP contribution in [0.4, 0.5) is 4.39 Å². The molecule has 2 aliphatic rings. The Balaban J connectivity index is 1.74. The molecule has 0 radical (unpaired) electrons. The Morgan fingerprint density at radius 3 is 2.46 bits per heavy atom. The van der Waals surface area contributed by atoms with Crippen molar-refractivity contribution in [2.45, 2.75) is 82.6 Å².